The van der Waals surface area contributed by atoms with E-state index < -0.39 is 16.2 Å². The molecule has 1 heterocycles. The smallest absolute Gasteiger partial charge is 0.409 e. The zero-order valence-electron chi connectivity index (χ0n) is 24.7. The van der Waals surface area contributed by atoms with Gasteiger partial charge in [-0.3, -0.25) is 4.18 Å². The highest BCUT2D eigenvalue weighted by Crippen LogP contribution is 2.31. The van der Waals surface area contributed by atoms with Crippen LogP contribution in [0, 0.1) is 13.8 Å². The van der Waals surface area contributed by atoms with Crippen LogP contribution in [0.25, 0.3) is 22.4 Å². The van der Waals surface area contributed by atoms with Gasteiger partial charge in [0.15, 0.2) is 0 Å². The van der Waals surface area contributed by atoms with Crippen LogP contribution in [0.1, 0.15) is 21.7 Å². The number of benzene rings is 3. The summed E-state index contributed by atoms with van der Waals surface area (Å²) in [5.41, 5.74) is 5.00. The van der Waals surface area contributed by atoms with Gasteiger partial charge in [-0.25, -0.2) is 9.78 Å². The molecule has 12 heteroatoms. The molecule has 1 amide bonds. The number of likely N-dealkylation sites (N-methyl/N-ethyl adjacent to an activating group) is 1. The molecule has 228 valence electrons. The number of aromatic nitrogens is 1. The van der Waals surface area contributed by atoms with Crippen molar-refractivity contribution in [1.82, 2.24) is 9.88 Å². The molecule has 4 aromatic rings. The highest BCUT2D eigenvalue weighted by atomic mass is 79.9. The first kappa shape index (κ1) is 32.6. The summed E-state index contributed by atoms with van der Waals surface area (Å²) in [5, 5.41) is 0.873. The third kappa shape index (κ3) is 8.87. The summed E-state index contributed by atoms with van der Waals surface area (Å²) in [5.74, 6) is 0.452. The lowest BCUT2D eigenvalue weighted by Crippen LogP contribution is -2.25. The predicted molar refractivity (Wildman–Crippen MR) is 176 cm³/mol. The average Bonchev–Trinajstić information content (AvgIpc) is 3.36. The SMILES string of the molecule is Cc1ccc(S(=O)(=O)OCCOCCN(C)c2cc3sc(/C=C/c4ccc(OC(=O)N(C)C)c(Br)c4)nc3cc2C)cc1. The Hall–Kier alpha value is -3.29. The number of aryl methyl sites for hydroxylation is 2. The topological polar surface area (TPSA) is 98.3 Å². The summed E-state index contributed by atoms with van der Waals surface area (Å²) >= 11 is 5.07. The minimum atomic E-state index is -3.80. The van der Waals surface area contributed by atoms with Gasteiger partial charge in [0.1, 0.15) is 10.8 Å². The summed E-state index contributed by atoms with van der Waals surface area (Å²) in [6.07, 6.45) is 3.49. The quantitative estimate of drug-likeness (QED) is 0.119. The minimum Gasteiger partial charge on any atom is -0.409 e. The summed E-state index contributed by atoms with van der Waals surface area (Å²) < 4.78 is 42.4. The van der Waals surface area contributed by atoms with Gasteiger partial charge in [-0.15, -0.1) is 11.3 Å². The van der Waals surface area contributed by atoms with Crippen molar-refractivity contribution in [2.45, 2.75) is 18.7 Å². The van der Waals surface area contributed by atoms with Crippen LogP contribution in [0.15, 0.2) is 64.0 Å². The second-order valence-electron chi connectivity index (χ2n) is 10.1. The Labute approximate surface area is 265 Å². The standard InChI is InChI=1S/C31H34BrN3O6S2/c1-21-6-10-24(11-7-21)43(37,38)40-17-16-39-15-14-35(5)27-20-29-26(18-22(27)2)33-30(42-29)13-9-23-8-12-28(25(32)19-23)41-31(36)34(3)4/h6-13,18-20H,14-17H2,1-5H3/b13-9+. The Morgan fingerprint density at radius 1 is 0.977 bits per heavy atom. The Balaban J connectivity index is 1.30. The number of rotatable bonds is 12. The first-order chi connectivity index (χ1) is 20.4. The van der Waals surface area contributed by atoms with Crippen LogP contribution in [-0.4, -0.2) is 71.9 Å². The molecule has 0 radical (unpaired) electrons. The van der Waals surface area contributed by atoms with E-state index in [0.29, 0.717) is 23.4 Å². The molecule has 9 nitrogen and oxygen atoms in total. The lowest BCUT2D eigenvalue weighted by atomic mass is 10.1. The van der Waals surface area contributed by atoms with Crippen molar-refractivity contribution in [3.05, 3.63) is 80.8 Å². The molecule has 0 aliphatic heterocycles. The van der Waals surface area contributed by atoms with E-state index in [9.17, 15) is 13.2 Å². The van der Waals surface area contributed by atoms with Gasteiger partial charge >= 0.3 is 6.09 Å². The third-order valence-corrected chi connectivity index (χ3v) is 9.35. The van der Waals surface area contributed by atoms with E-state index in [-0.39, 0.29) is 18.1 Å². The predicted octanol–water partition coefficient (Wildman–Crippen LogP) is 6.76. The number of fused-ring (bicyclic) bond motifs is 1. The molecule has 0 bridgehead atoms. The molecule has 0 atom stereocenters. The van der Waals surface area contributed by atoms with Crippen molar-refractivity contribution < 1.29 is 26.9 Å². The van der Waals surface area contributed by atoms with Crippen molar-refractivity contribution in [2.75, 3.05) is 52.4 Å². The number of carbonyl (C=O) groups is 1. The van der Waals surface area contributed by atoms with Crippen molar-refractivity contribution >= 4 is 71.5 Å². The number of carbonyl (C=O) groups excluding carboxylic acids is 1. The number of halogens is 1. The van der Waals surface area contributed by atoms with Crippen molar-refractivity contribution in [2.24, 2.45) is 0 Å². The van der Waals surface area contributed by atoms with Gasteiger partial charge in [0.25, 0.3) is 10.1 Å². The summed E-state index contributed by atoms with van der Waals surface area (Å²) in [7, 11) is 1.46. The molecule has 1 aromatic heterocycles. The zero-order chi connectivity index (χ0) is 31.1. The van der Waals surface area contributed by atoms with Crippen LogP contribution < -0.4 is 9.64 Å². The van der Waals surface area contributed by atoms with Crippen LogP contribution in [0.3, 0.4) is 0 Å². The highest BCUT2D eigenvalue weighted by Gasteiger charge is 2.15. The van der Waals surface area contributed by atoms with E-state index in [2.05, 4.69) is 33.0 Å². The summed E-state index contributed by atoms with van der Waals surface area (Å²) in [6, 6.07) is 16.3. The molecule has 4 rings (SSSR count). The van der Waals surface area contributed by atoms with Gasteiger partial charge in [-0.05, 0) is 83.4 Å². The number of hydrogen-bond acceptors (Lipinski definition) is 9. The molecular formula is C31H34BrN3O6S2. The molecule has 0 unspecified atom stereocenters. The van der Waals surface area contributed by atoms with Crippen LogP contribution in [0.4, 0.5) is 10.5 Å². The van der Waals surface area contributed by atoms with Crippen molar-refractivity contribution in [3.8, 4) is 5.75 Å². The summed E-state index contributed by atoms with van der Waals surface area (Å²) in [6.45, 7) is 5.10. The maximum absolute atomic E-state index is 12.3. The van der Waals surface area contributed by atoms with Gasteiger partial charge in [0.2, 0.25) is 0 Å². The van der Waals surface area contributed by atoms with Crippen LogP contribution in [0.5, 0.6) is 5.75 Å². The Bertz CT molecular complexity index is 1720. The number of anilines is 1. The second kappa shape index (κ2) is 14.5. The highest BCUT2D eigenvalue weighted by molar-refractivity contribution is 9.10. The van der Waals surface area contributed by atoms with E-state index in [0.717, 1.165) is 37.6 Å². The van der Waals surface area contributed by atoms with E-state index in [1.54, 1.807) is 43.6 Å². The molecule has 0 N–H and O–H groups in total. The molecule has 0 fully saturated rings. The largest absolute Gasteiger partial charge is 0.414 e. The molecule has 0 saturated heterocycles. The van der Waals surface area contributed by atoms with Gasteiger partial charge < -0.3 is 19.3 Å². The van der Waals surface area contributed by atoms with Gasteiger partial charge in [0, 0.05) is 33.4 Å². The normalized spacial score (nSPS) is 11.8. The maximum Gasteiger partial charge on any atom is 0.414 e. The Morgan fingerprint density at radius 2 is 1.72 bits per heavy atom. The van der Waals surface area contributed by atoms with Crippen LogP contribution >= 0.6 is 27.3 Å². The Kier molecular flexibility index (Phi) is 11.0. The maximum atomic E-state index is 12.3. The fraction of sp³-hybridized carbons (Fsp3) is 0.290. The van der Waals surface area contributed by atoms with Crippen LogP contribution in [-0.2, 0) is 19.0 Å². The van der Waals surface area contributed by atoms with Crippen molar-refractivity contribution in [1.29, 1.82) is 0 Å². The number of ether oxygens (including phenoxy) is 2. The fourth-order valence-electron chi connectivity index (χ4n) is 4.02. The number of amides is 1. The second-order valence-corrected chi connectivity index (χ2v) is 13.6. The fourth-order valence-corrected chi connectivity index (χ4v) is 6.28. The molecule has 0 aliphatic rings. The first-order valence-corrected chi connectivity index (χ1v) is 16.5. The van der Waals surface area contributed by atoms with E-state index in [4.69, 9.17) is 18.6 Å². The number of thiazole rings is 1. The average molecular weight is 689 g/mol. The Morgan fingerprint density at radius 3 is 2.42 bits per heavy atom. The molecule has 0 aliphatic carbocycles. The van der Waals surface area contributed by atoms with Crippen LogP contribution in [0.2, 0.25) is 0 Å². The number of nitrogens with zero attached hydrogens (tertiary/aromatic N) is 3. The van der Waals surface area contributed by atoms with Gasteiger partial charge in [0.05, 0.1) is 39.4 Å². The molecule has 43 heavy (non-hydrogen) atoms. The van der Waals surface area contributed by atoms with E-state index in [1.807, 2.05) is 45.2 Å². The number of hydrogen-bond donors (Lipinski definition) is 0. The lowest BCUT2D eigenvalue weighted by Gasteiger charge is -2.21. The first-order valence-electron chi connectivity index (χ1n) is 13.5. The third-order valence-electron chi connectivity index (χ3n) is 6.42. The monoisotopic (exact) mass is 687 g/mol. The molecular weight excluding hydrogens is 654 g/mol. The van der Waals surface area contributed by atoms with E-state index in [1.165, 1.54) is 17.0 Å². The lowest BCUT2D eigenvalue weighted by molar-refractivity contribution is 0.107. The van der Waals surface area contributed by atoms with E-state index >= 15 is 0 Å². The van der Waals surface area contributed by atoms with Gasteiger partial charge in [-0.1, -0.05) is 29.8 Å². The minimum absolute atomic E-state index is 0.0485. The zero-order valence-corrected chi connectivity index (χ0v) is 27.9. The van der Waals surface area contributed by atoms with Gasteiger partial charge in [-0.2, -0.15) is 8.42 Å². The molecule has 0 spiro atoms. The molecule has 0 saturated carbocycles. The molecule has 3 aromatic carbocycles. The summed E-state index contributed by atoms with van der Waals surface area (Å²) in [4.78, 5) is 20.2. The van der Waals surface area contributed by atoms with Crippen molar-refractivity contribution in [3.63, 3.8) is 0 Å².